The van der Waals surface area contributed by atoms with E-state index in [4.69, 9.17) is 14.2 Å². The quantitative estimate of drug-likeness (QED) is 0.214. The van der Waals surface area contributed by atoms with Crippen molar-refractivity contribution in [2.45, 2.75) is 19.9 Å². The van der Waals surface area contributed by atoms with Gasteiger partial charge in [0, 0.05) is 5.69 Å². The van der Waals surface area contributed by atoms with E-state index in [-0.39, 0.29) is 29.2 Å². The molecule has 0 bridgehead atoms. The third-order valence-electron chi connectivity index (χ3n) is 6.12. The van der Waals surface area contributed by atoms with Crippen LogP contribution in [0.2, 0.25) is 0 Å². The number of aryl methyl sites for hydroxylation is 1. The normalized spacial score (nSPS) is 16.5. The average Bonchev–Trinajstić information content (AvgIpc) is 3.18. The van der Waals surface area contributed by atoms with Crippen LogP contribution >= 0.6 is 0 Å². The van der Waals surface area contributed by atoms with Gasteiger partial charge >= 0.3 is 5.97 Å². The molecule has 1 atom stereocenters. The highest BCUT2D eigenvalue weighted by molar-refractivity contribution is 6.51. The van der Waals surface area contributed by atoms with Crippen molar-refractivity contribution in [1.82, 2.24) is 0 Å². The second kappa shape index (κ2) is 10.6. The lowest BCUT2D eigenvalue weighted by atomic mass is 9.93. The van der Waals surface area contributed by atoms with Crippen LogP contribution in [-0.4, -0.2) is 43.6 Å². The Labute approximate surface area is 214 Å². The van der Waals surface area contributed by atoms with Crippen LogP contribution in [-0.2, 0) is 14.3 Å². The van der Waals surface area contributed by atoms with Gasteiger partial charge in [-0.05, 0) is 55.8 Å². The molecule has 190 valence electrons. The second-order valence-corrected chi connectivity index (χ2v) is 8.39. The molecule has 8 heteroatoms. The highest BCUT2D eigenvalue weighted by atomic mass is 16.5. The molecular formula is C29H27NO7. The van der Waals surface area contributed by atoms with E-state index >= 15 is 0 Å². The van der Waals surface area contributed by atoms with E-state index in [2.05, 4.69) is 0 Å². The number of anilines is 1. The fourth-order valence-electron chi connectivity index (χ4n) is 4.45. The van der Waals surface area contributed by atoms with Gasteiger partial charge in [0.1, 0.15) is 22.8 Å². The summed E-state index contributed by atoms with van der Waals surface area (Å²) in [6, 6.07) is 17.6. The van der Waals surface area contributed by atoms with Crippen LogP contribution in [0.25, 0.3) is 5.76 Å². The van der Waals surface area contributed by atoms with Crippen LogP contribution < -0.4 is 14.4 Å². The Morgan fingerprint density at radius 3 is 2.14 bits per heavy atom. The van der Waals surface area contributed by atoms with E-state index in [0.29, 0.717) is 16.8 Å². The summed E-state index contributed by atoms with van der Waals surface area (Å²) in [6.45, 7) is 3.84. The molecule has 0 radical (unpaired) electrons. The lowest BCUT2D eigenvalue weighted by Gasteiger charge is -2.26. The molecule has 1 aliphatic heterocycles. The zero-order valence-electron chi connectivity index (χ0n) is 21.0. The third-order valence-corrected chi connectivity index (χ3v) is 6.12. The van der Waals surface area contributed by atoms with E-state index < -0.39 is 29.5 Å². The van der Waals surface area contributed by atoms with Crippen molar-refractivity contribution < 1.29 is 33.7 Å². The van der Waals surface area contributed by atoms with E-state index in [1.165, 1.54) is 31.3 Å². The Balaban J connectivity index is 1.94. The van der Waals surface area contributed by atoms with Crippen molar-refractivity contribution in [1.29, 1.82) is 0 Å². The molecule has 0 saturated carbocycles. The summed E-state index contributed by atoms with van der Waals surface area (Å²) in [5, 5.41) is 11.5. The topological polar surface area (TPSA) is 102 Å². The first-order valence-electron chi connectivity index (χ1n) is 11.7. The molecule has 1 N–H and O–H groups in total. The first-order valence-corrected chi connectivity index (χ1v) is 11.7. The SMILES string of the molecule is CCOC(=O)c1ccc(N2C(=O)C(=O)/C(=C(/O)c3c(OC)cccc3OC)C2c2cccc(C)c2)cc1. The highest BCUT2D eigenvalue weighted by Gasteiger charge is 2.47. The zero-order chi connectivity index (χ0) is 26.7. The number of carbonyl (C=O) groups is 3. The van der Waals surface area contributed by atoms with Crippen LogP contribution in [0.3, 0.4) is 0 Å². The Morgan fingerprint density at radius 1 is 0.946 bits per heavy atom. The van der Waals surface area contributed by atoms with Gasteiger partial charge in [-0.1, -0.05) is 35.9 Å². The predicted molar refractivity (Wildman–Crippen MR) is 138 cm³/mol. The Morgan fingerprint density at radius 2 is 1.57 bits per heavy atom. The van der Waals surface area contributed by atoms with Gasteiger partial charge < -0.3 is 19.3 Å². The number of esters is 1. The maximum Gasteiger partial charge on any atom is 0.338 e. The van der Waals surface area contributed by atoms with Crippen LogP contribution in [0.15, 0.2) is 72.3 Å². The van der Waals surface area contributed by atoms with Gasteiger partial charge in [0.15, 0.2) is 0 Å². The lowest BCUT2D eigenvalue weighted by molar-refractivity contribution is -0.132. The summed E-state index contributed by atoms with van der Waals surface area (Å²) < 4.78 is 15.9. The standard InChI is InChI=1S/C29H27NO7/c1-5-37-29(34)18-12-14-20(15-13-18)30-25(19-9-6-8-17(2)16-19)24(27(32)28(30)33)26(31)23-21(35-3)10-7-11-22(23)36-4/h6-16,25,31H,5H2,1-4H3/b26-24+. The fraction of sp³-hybridized carbons (Fsp3) is 0.207. The first kappa shape index (κ1) is 25.5. The molecule has 1 saturated heterocycles. The molecule has 0 spiro atoms. The number of ketones is 1. The van der Waals surface area contributed by atoms with Crippen LogP contribution in [0.4, 0.5) is 5.69 Å². The molecule has 3 aromatic carbocycles. The van der Waals surface area contributed by atoms with Gasteiger partial charge in [-0.25, -0.2) is 4.79 Å². The van der Waals surface area contributed by atoms with Crippen molar-refractivity contribution in [2.75, 3.05) is 25.7 Å². The number of rotatable bonds is 7. The Kier molecular flexibility index (Phi) is 7.29. The molecule has 3 aromatic rings. The lowest BCUT2D eigenvalue weighted by Crippen LogP contribution is -2.29. The summed E-state index contributed by atoms with van der Waals surface area (Å²) in [4.78, 5) is 40.3. The zero-order valence-corrected chi connectivity index (χ0v) is 21.0. The number of benzene rings is 3. The van der Waals surface area contributed by atoms with Gasteiger partial charge in [0.25, 0.3) is 11.7 Å². The molecular weight excluding hydrogens is 474 g/mol. The smallest absolute Gasteiger partial charge is 0.338 e. The number of hydrogen-bond donors (Lipinski definition) is 1. The van der Waals surface area contributed by atoms with Gasteiger partial charge in [0.2, 0.25) is 0 Å². The monoisotopic (exact) mass is 501 g/mol. The van der Waals surface area contributed by atoms with Gasteiger partial charge in [-0.15, -0.1) is 0 Å². The molecule has 1 heterocycles. The van der Waals surface area contributed by atoms with Crippen molar-refractivity contribution in [3.63, 3.8) is 0 Å². The maximum absolute atomic E-state index is 13.5. The number of ether oxygens (including phenoxy) is 3. The minimum atomic E-state index is -0.942. The van der Waals surface area contributed by atoms with E-state index in [9.17, 15) is 19.5 Å². The molecule has 0 aromatic heterocycles. The van der Waals surface area contributed by atoms with Crippen molar-refractivity contribution in [3.8, 4) is 11.5 Å². The van der Waals surface area contributed by atoms with E-state index in [0.717, 1.165) is 5.56 Å². The highest BCUT2D eigenvalue weighted by Crippen LogP contribution is 2.45. The minimum Gasteiger partial charge on any atom is -0.506 e. The summed E-state index contributed by atoms with van der Waals surface area (Å²) in [5.74, 6) is -2.01. The molecule has 4 rings (SSSR count). The number of Topliss-reactive ketones (excluding diaryl/α,β-unsaturated/α-hetero) is 1. The predicted octanol–water partition coefficient (Wildman–Crippen LogP) is 4.82. The summed E-state index contributed by atoms with van der Waals surface area (Å²) in [6.07, 6.45) is 0. The molecule has 1 unspecified atom stereocenters. The summed E-state index contributed by atoms with van der Waals surface area (Å²) in [5.41, 5.74) is 2.30. The molecule has 0 aliphatic carbocycles. The van der Waals surface area contributed by atoms with E-state index in [1.807, 2.05) is 25.1 Å². The van der Waals surface area contributed by atoms with Crippen LogP contribution in [0, 0.1) is 6.92 Å². The number of aliphatic hydroxyl groups excluding tert-OH is 1. The molecule has 1 aliphatic rings. The van der Waals surface area contributed by atoms with Gasteiger partial charge in [0.05, 0.1) is 38.0 Å². The maximum atomic E-state index is 13.5. The van der Waals surface area contributed by atoms with Crippen molar-refractivity contribution >= 4 is 29.1 Å². The third kappa shape index (κ3) is 4.65. The Bertz CT molecular complexity index is 1370. The summed E-state index contributed by atoms with van der Waals surface area (Å²) in [7, 11) is 2.88. The second-order valence-electron chi connectivity index (χ2n) is 8.39. The van der Waals surface area contributed by atoms with Crippen molar-refractivity contribution in [3.05, 3.63) is 94.6 Å². The van der Waals surface area contributed by atoms with Gasteiger partial charge in [-0.2, -0.15) is 0 Å². The minimum absolute atomic E-state index is 0.104. The first-order chi connectivity index (χ1) is 17.8. The number of hydrogen-bond acceptors (Lipinski definition) is 7. The number of carbonyl (C=O) groups excluding carboxylic acids is 3. The Hall–Kier alpha value is -4.59. The number of methoxy groups -OCH3 is 2. The van der Waals surface area contributed by atoms with Crippen LogP contribution in [0.5, 0.6) is 11.5 Å². The van der Waals surface area contributed by atoms with Crippen molar-refractivity contribution in [2.24, 2.45) is 0 Å². The molecule has 1 amide bonds. The fourth-order valence-corrected chi connectivity index (χ4v) is 4.45. The largest absolute Gasteiger partial charge is 0.506 e. The number of amides is 1. The van der Waals surface area contributed by atoms with Crippen LogP contribution in [0.1, 0.15) is 40.0 Å². The number of aliphatic hydroxyl groups is 1. The van der Waals surface area contributed by atoms with Gasteiger partial charge in [-0.3, -0.25) is 14.5 Å². The number of nitrogens with zero attached hydrogens (tertiary/aromatic N) is 1. The molecule has 37 heavy (non-hydrogen) atoms. The molecule has 1 fully saturated rings. The average molecular weight is 502 g/mol. The van der Waals surface area contributed by atoms with E-state index in [1.54, 1.807) is 43.3 Å². The molecule has 8 nitrogen and oxygen atoms in total. The summed E-state index contributed by atoms with van der Waals surface area (Å²) >= 11 is 0.